The van der Waals surface area contributed by atoms with Gasteiger partial charge in [0.2, 0.25) is 0 Å². The van der Waals surface area contributed by atoms with Crippen LogP contribution in [0.15, 0.2) is 11.8 Å². The molecule has 2 aliphatic heterocycles. The van der Waals surface area contributed by atoms with E-state index in [0.29, 0.717) is 18.8 Å². The van der Waals surface area contributed by atoms with Gasteiger partial charge in [0, 0.05) is 25.7 Å². The molecule has 2 aliphatic rings. The van der Waals surface area contributed by atoms with Crippen molar-refractivity contribution in [2.75, 3.05) is 26.2 Å². The standard InChI is InChI=1S/C9H12N2O3/c1-2-10-3-4-11(9(10)13)7-5-8(12)14-6-7/h5H,2-4,6H2,1H3. The number of cyclic esters (lactones) is 1. The lowest BCUT2D eigenvalue weighted by Crippen LogP contribution is -2.31. The van der Waals surface area contributed by atoms with Gasteiger partial charge in [-0.15, -0.1) is 0 Å². The van der Waals surface area contributed by atoms with Crippen LogP contribution in [-0.4, -0.2) is 48.0 Å². The van der Waals surface area contributed by atoms with Gasteiger partial charge in [0.05, 0.1) is 5.70 Å². The topological polar surface area (TPSA) is 49.9 Å². The Balaban J connectivity index is 2.10. The Morgan fingerprint density at radius 1 is 1.43 bits per heavy atom. The van der Waals surface area contributed by atoms with Crippen LogP contribution >= 0.6 is 0 Å². The van der Waals surface area contributed by atoms with Crippen molar-refractivity contribution >= 4 is 12.0 Å². The molecule has 0 atom stereocenters. The van der Waals surface area contributed by atoms with E-state index in [2.05, 4.69) is 0 Å². The van der Waals surface area contributed by atoms with Gasteiger partial charge in [-0.2, -0.15) is 0 Å². The predicted octanol–water partition coefficient (Wildman–Crippen LogP) is 0.185. The molecule has 76 valence electrons. The molecule has 0 aliphatic carbocycles. The monoisotopic (exact) mass is 196 g/mol. The first-order valence-corrected chi connectivity index (χ1v) is 4.66. The predicted molar refractivity (Wildman–Crippen MR) is 48.4 cm³/mol. The van der Waals surface area contributed by atoms with Crippen LogP contribution in [0.25, 0.3) is 0 Å². The number of ether oxygens (including phenoxy) is 1. The Hall–Kier alpha value is -1.52. The fourth-order valence-corrected chi connectivity index (χ4v) is 1.66. The zero-order valence-corrected chi connectivity index (χ0v) is 8.02. The van der Waals surface area contributed by atoms with Crippen molar-refractivity contribution in [1.29, 1.82) is 0 Å². The maximum atomic E-state index is 11.7. The van der Waals surface area contributed by atoms with Crippen molar-refractivity contribution in [2.24, 2.45) is 0 Å². The number of nitrogens with zero attached hydrogens (tertiary/aromatic N) is 2. The molecule has 0 radical (unpaired) electrons. The number of rotatable bonds is 2. The van der Waals surface area contributed by atoms with Crippen LogP contribution in [0.4, 0.5) is 4.79 Å². The van der Waals surface area contributed by atoms with Crippen LogP contribution in [0, 0.1) is 0 Å². The third-order valence-corrected chi connectivity index (χ3v) is 2.47. The van der Waals surface area contributed by atoms with Gasteiger partial charge in [0.15, 0.2) is 0 Å². The first-order valence-electron chi connectivity index (χ1n) is 4.66. The molecule has 0 spiro atoms. The summed E-state index contributed by atoms with van der Waals surface area (Å²) in [5.74, 6) is -0.359. The lowest BCUT2D eigenvalue weighted by Gasteiger charge is -2.16. The Kier molecular flexibility index (Phi) is 2.15. The molecule has 5 nitrogen and oxygen atoms in total. The second-order valence-electron chi connectivity index (χ2n) is 3.26. The zero-order valence-electron chi connectivity index (χ0n) is 8.02. The molecule has 2 heterocycles. The SMILES string of the molecule is CCN1CCN(C2=CC(=O)OC2)C1=O. The molecular formula is C9H12N2O3. The normalized spacial score (nSPS) is 21.6. The highest BCUT2D eigenvalue weighted by atomic mass is 16.5. The molecule has 2 rings (SSSR count). The van der Waals surface area contributed by atoms with E-state index in [0.717, 1.165) is 6.54 Å². The second-order valence-corrected chi connectivity index (χ2v) is 3.26. The van der Waals surface area contributed by atoms with E-state index in [1.807, 2.05) is 6.92 Å². The van der Waals surface area contributed by atoms with Crippen molar-refractivity contribution in [3.05, 3.63) is 11.8 Å². The third kappa shape index (κ3) is 1.34. The number of hydrogen-bond donors (Lipinski definition) is 0. The van der Waals surface area contributed by atoms with Crippen LogP contribution in [0.1, 0.15) is 6.92 Å². The first kappa shape index (κ1) is 9.05. The highest BCUT2D eigenvalue weighted by Crippen LogP contribution is 2.18. The van der Waals surface area contributed by atoms with Gasteiger partial charge in [-0.3, -0.25) is 4.90 Å². The Labute approximate surface area is 81.9 Å². The lowest BCUT2D eigenvalue weighted by molar-refractivity contribution is -0.135. The summed E-state index contributed by atoms with van der Waals surface area (Å²) in [6.45, 7) is 4.24. The minimum Gasteiger partial charge on any atom is -0.456 e. The summed E-state index contributed by atoms with van der Waals surface area (Å²) in [6.07, 6.45) is 1.39. The van der Waals surface area contributed by atoms with Gasteiger partial charge >= 0.3 is 12.0 Å². The van der Waals surface area contributed by atoms with Crippen LogP contribution in [-0.2, 0) is 9.53 Å². The molecule has 0 unspecified atom stereocenters. The van der Waals surface area contributed by atoms with E-state index in [1.165, 1.54) is 6.08 Å². The summed E-state index contributed by atoms with van der Waals surface area (Å²) in [5.41, 5.74) is 0.677. The summed E-state index contributed by atoms with van der Waals surface area (Å²) in [5, 5.41) is 0. The van der Waals surface area contributed by atoms with Crippen molar-refractivity contribution < 1.29 is 14.3 Å². The average Bonchev–Trinajstić information content (AvgIpc) is 2.72. The van der Waals surface area contributed by atoms with Gasteiger partial charge in [-0.25, -0.2) is 9.59 Å². The zero-order chi connectivity index (χ0) is 10.1. The van der Waals surface area contributed by atoms with Gasteiger partial charge in [0.1, 0.15) is 6.61 Å². The van der Waals surface area contributed by atoms with E-state index >= 15 is 0 Å². The van der Waals surface area contributed by atoms with E-state index < -0.39 is 0 Å². The van der Waals surface area contributed by atoms with E-state index in [-0.39, 0.29) is 18.6 Å². The molecule has 1 saturated heterocycles. The molecular weight excluding hydrogens is 184 g/mol. The molecule has 0 aromatic rings. The number of hydrogen-bond acceptors (Lipinski definition) is 3. The highest BCUT2D eigenvalue weighted by molar-refractivity contribution is 5.87. The summed E-state index contributed by atoms with van der Waals surface area (Å²) in [6, 6.07) is -0.0305. The van der Waals surface area contributed by atoms with Gasteiger partial charge in [-0.05, 0) is 6.92 Å². The van der Waals surface area contributed by atoms with Crippen LogP contribution in [0.2, 0.25) is 0 Å². The molecule has 0 bridgehead atoms. The van der Waals surface area contributed by atoms with Crippen molar-refractivity contribution in [2.45, 2.75) is 6.92 Å². The number of urea groups is 1. The number of amides is 2. The summed E-state index contributed by atoms with van der Waals surface area (Å²) in [7, 11) is 0. The van der Waals surface area contributed by atoms with Crippen LogP contribution < -0.4 is 0 Å². The van der Waals surface area contributed by atoms with Gasteiger partial charge in [0.25, 0.3) is 0 Å². The quantitative estimate of drug-likeness (QED) is 0.592. The van der Waals surface area contributed by atoms with E-state index in [4.69, 9.17) is 4.74 Å². The van der Waals surface area contributed by atoms with Gasteiger partial charge < -0.3 is 9.64 Å². The molecule has 1 fully saturated rings. The van der Waals surface area contributed by atoms with Crippen molar-refractivity contribution in [3.8, 4) is 0 Å². The second kappa shape index (κ2) is 3.32. The largest absolute Gasteiger partial charge is 0.456 e. The molecule has 0 saturated carbocycles. The highest BCUT2D eigenvalue weighted by Gasteiger charge is 2.32. The molecule has 0 aromatic carbocycles. The molecule has 14 heavy (non-hydrogen) atoms. The molecule has 2 amide bonds. The summed E-state index contributed by atoms with van der Waals surface area (Å²) < 4.78 is 4.75. The average molecular weight is 196 g/mol. The summed E-state index contributed by atoms with van der Waals surface area (Å²) in [4.78, 5) is 25.8. The number of carbonyl (C=O) groups is 2. The smallest absolute Gasteiger partial charge is 0.333 e. The number of carbonyl (C=O) groups excluding carboxylic acids is 2. The number of esters is 1. The van der Waals surface area contributed by atoms with Gasteiger partial charge in [-0.1, -0.05) is 0 Å². The van der Waals surface area contributed by atoms with E-state index in [9.17, 15) is 9.59 Å². The minimum absolute atomic E-state index is 0.0305. The summed E-state index contributed by atoms with van der Waals surface area (Å²) >= 11 is 0. The first-order chi connectivity index (χ1) is 6.72. The third-order valence-electron chi connectivity index (χ3n) is 2.47. The Morgan fingerprint density at radius 2 is 2.21 bits per heavy atom. The van der Waals surface area contributed by atoms with Crippen LogP contribution in [0.5, 0.6) is 0 Å². The lowest BCUT2D eigenvalue weighted by atomic mass is 10.4. The maximum Gasteiger partial charge on any atom is 0.333 e. The molecule has 0 aromatic heterocycles. The molecule has 0 N–H and O–H groups in total. The fraction of sp³-hybridized carbons (Fsp3) is 0.556. The number of likely N-dealkylation sites (N-methyl/N-ethyl adjacent to an activating group) is 1. The van der Waals surface area contributed by atoms with Crippen molar-refractivity contribution in [3.63, 3.8) is 0 Å². The minimum atomic E-state index is -0.359. The molecule has 5 heteroatoms. The fourth-order valence-electron chi connectivity index (χ4n) is 1.66. The van der Waals surface area contributed by atoms with E-state index in [1.54, 1.807) is 9.80 Å². The Bertz CT molecular complexity index is 311. The van der Waals surface area contributed by atoms with Crippen molar-refractivity contribution in [1.82, 2.24) is 9.80 Å². The van der Waals surface area contributed by atoms with Crippen LogP contribution in [0.3, 0.4) is 0 Å². The Morgan fingerprint density at radius 3 is 2.71 bits per heavy atom. The maximum absolute atomic E-state index is 11.7.